The number of fused-ring (bicyclic) bond motifs is 3. The van der Waals surface area contributed by atoms with Gasteiger partial charge in [-0.05, 0) is 24.5 Å². The Labute approximate surface area is 182 Å². The third-order valence-corrected chi connectivity index (χ3v) is 6.65. The minimum Gasteiger partial charge on any atom is -0.353 e. The summed E-state index contributed by atoms with van der Waals surface area (Å²) in [6.45, 7) is 3.01. The molecule has 1 aromatic carbocycles. The van der Waals surface area contributed by atoms with E-state index in [2.05, 4.69) is 15.2 Å². The number of nitrogens with zero attached hydrogens (tertiary/aromatic N) is 5. The second-order valence-electron chi connectivity index (χ2n) is 8.28. The van der Waals surface area contributed by atoms with E-state index in [1.807, 2.05) is 22.8 Å². The lowest BCUT2D eigenvalue weighted by Gasteiger charge is -2.41. The van der Waals surface area contributed by atoms with Gasteiger partial charge in [-0.15, -0.1) is 0 Å². The van der Waals surface area contributed by atoms with Gasteiger partial charge in [0.1, 0.15) is 0 Å². The topological polar surface area (TPSA) is 94.2 Å². The molecule has 1 saturated carbocycles. The number of hydrogen-bond donors (Lipinski definition) is 1. The summed E-state index contributed by atoms with van der Waals surface area (Å²) in [7, 11) is 1.64. The number of rotatable bonds is 4. The second kappa shape index (κ2) is 7.26. The van der Waals surface area contributed by atoms with Crippen LogP contribution in [0.15, 0.2) is 33.9 Å². The third-order valence-electron chi connectivity index (χ3n) is 6.28. The molecular weight excluding hydrogens is 420 g/mol. The number of anilines is 1. The number of amides is 1. The van der Waals surface area contributed by atoms with Crippen LogP contribution in [0.4, 0.5) is 5.95 Å². The maximum Gasteiger partial charge on any atom is 0.332 e. The van der Waals surface area contributed by atoms with Crippen molar-refractivity contribution in [2.75, 3.05) is 11.4 Å². The van der Waals surface area contributed by atoms with Crippen LogP contribution in [-0.4, -0.2) is 43.2 Å². The first kappa shape index (κ1) is 19.9. The monoisotopic (exact) mass is 442 g/mol. The highest BCUT2D eigenvalue weighted by molar-refractivity contribution is 6.31. The molecule has 0 radical (unpaired) electrons. The van der Waals surface area contributed by atoms with Crippen molar-refractivity contribution in [3.8, 4) is 0 Å². The van der Waals surface area contributed by atoms with Gasteiger partial charge in [-0.2, -0.15) is 4.98 Å². The standard InChI is InChI=1S/C21H23ClN6O3/c1-12(29)23-14-9-15(10-14)26-7-8-27-17-18(24-20(26)27)25(2)21(31)28(19(17)30)11-13-5-3-4-6-16(13)22/h3-6,14-15H,7-11H2,1-2H3,(H,23,29)/t14-,15-. The molecule has 1 aliphatic carbocycles. The summed E-state index contributed by atoms with van der Waals surface area (Å²) in [5, 5.41) is 3.46. The predicted octanol–water partition coefficient (Wildman–Crippen LogP) is 1.09. The molecule has 0 saturated heterocycles. The molecule has 9 nitrogen and oxygen atoms in total. The number of carbonyl (C=O) groups is 1. The van der Waals surface area contributed by atoms with Crippen LogP contribution in [0, 0.1) is 0 Å². The number of carbonyl (C=O) groups excluding carboxylic acids is 1. The first-order valence-electron chi connectivity index (χ1n) is 10.3. The van der Waals surface area contributed by atoms with Crippen LogP contribution in [0.5, 0.6) is 0 Å². The van der Waals surface area contributed by atoms with E-state index < -0.39 is 5.69 Å². The summed E-state index contributed by atoms with van der Waals surface area (Å²) in [5.74, 6) is 0.690. The van der Waals surface area contributed by atoms with E-state index in [1.165, 1.54) is 16.1 Å². The number of halogens is 1. The molecule has 162 valence electrons. The van der Waals surface area contributed by atoms with Gasteiger partial charge < -0.3 is 14.8 Å². The molecular formula is C21H23ClN6O3. The Hall–Kier alpha value is -3.07. The van der Waals surface area contributed by atoms with Crippen molar-refractivity contribution < 1.29 is 4.79 Å². The zero-order valence-electron chi connectivity index (χ0n) is 17.3. The molecule has 2 aromatic heterocycles. The molecule has 5 rings (SSSR count). The molecule has 0 spiro atoms. The molecule has 3 heterocycles. The maximum absolute atomic E-state index is 13.4. The summed E-state index contributed by atoms with van der Waals surface area (Å²) < 4.78 is 4.56. The molecule has 1 aliphatic heterocycles. The average molecular weight is 443 g/mol. The number of aromatic nitrogens is 4. The maximum atomic E-state index is 13.4. The Kier molecular flexibility index (Phi) is 4.65. The van der Waals surface area contributed by atoms with Gasteiger partial charge in [0.2, 0.25) is 11.9 Å². The van der Waals surface area contributed by atoms with E-state index in [4.69, 9.17) is 11.6 Å². The van der Waals surface area contributed by atoms with Gasteiger partial charge >= 0.3 is 5.69 Å². The summed E-state index contributed by atoms with van der Waals surface area (Å²) in [5.41, 5.74) is 0.759. The smallest absolute Gasteiger partial charge is 0.332 e. The molecule has 1 N–H and O–H groups in total. The molecule has 1 amide bonds. The minimum absolute atomic E-state index is 0.0221. The van der Waals surface area contributed by atoms with Crippen molar-refractivity contribution in [3.63, 3.8) is 0 Å². The predicted molar refractivity (Wildman–Crippen MR) is 118 cm³/mol. The zero-order chi connectivity index (χ0) is 21.9. The highest BCUT2D eigenvalue weighted by Gasteiger charge is 2.39. The number of hydrogen-bond acceptors (Lipinski definition) is 5. The van der Waals surface area contributed by atoms with Crippen LogP contribution in [-0.2, 0) is 24.9 Å². The van der Waals surface area contributed by atoms with E-state index in [-0.39, 0.29) is 30.1 Å². The number of benzene rings is 1. The minimum atomic E-state index is -0.421. The van der Waals surface area contributed by atoms with Gasteiger partial charge in [-0.3, -0.25) is 18.7 Å². The lowest BCUT2D eigenvalue weighted by molar-refractivity contribution is -0.120. The summed E-state index contributed by atoms with van der Waals surface area (Å²) in [6, 6.07) is 7.63. The zero-order valence-corrected chi connectivity index (χ0v) is 18.1. The Morgan fingerprint density at radius 2 is 1.97 bits per heavy atom. The van der Waals surface area contributed by atoms with E-state index in [1.54, 1.807) is 13.1 Å². The van der Waals surface area contributed by atoms with E-state index in [0.717, 1.165) is 19.4 Å². The van der Waals surface area contributed by atoms with Crippen LogP contribution in [0.3, 0.4) is 0 Å². The normalized spacial score (nSPS) is 20.0. The van der Waals surface area contributed by atoms with Crippen molar-refractivity contribution in [1.29, 1.82) is 0 Å². The van der Waals surface area contributed by atoms with Crippen LogP contribution in [0.25, 0.3) is 11.2 Å². The van der Waals surface area contributed by atoms with Gasteiger partial charge in [0, 0.05) is 44.2 Å². The Morgan fingerprint density at radius 3 is 2.68 bits per heavy atom. The molecule has 0 bridgehead atoms. The van der Waals surface area contributed by atoms with Gasteiger partial charge in [0.15, 0.2) is 11.2 Å². The van der Waals surface area contributed by atoms with Gasteiger partial charge in [-0.25, -0.2) is 4.79 Å². The fourth-order valence-corrected chi connectivity index (χ4v) is 4.82. The van der Waals surface area contributed by atoms with Crippen molar-refractivity contribution in [3.05, 3.63) is 55.7 Å². The van der Waals surface area contributed by atoms with Crippen molar-refractivity contribution >= 4 is 34.6 Å². The highest BCUT2D eigenvalue weighted by Crippen LogP contribution is 2.34. The molecule has 3 aromatic rings. The Balaban J connectivity index is 1.53. The highest BCUT2D eigenvalue weighted by atomic mass is 35.5. The Morgan fingerprint density at radius 1 is 1.23 bits per heavy atom. The van der Waals surface area contributed by atoms with E-state index in [0.29, 0.717) is 34.2 Å². The SMILES string of the molecule is CC(=O)N[C@H]1C[C@H](N2CCn3c2nc2c3c(=O)n(Cc3ccccc3Cl)c(=O)n2C)C1. The van der Waals surface area contributed by atoms with E-state index in [9.17, 15) is 14.4 Å². The first-order chi connectivity index (χ1) is 14.8. The quantitative estimate of drug-likeness (QED) is 0.652. The fourth-order valence-electron chi connectivity index (χ4n) is 4.63. The average Bonchev–Trinajstić information content (AvgIpc) is 3.27. The van der Waals surface area contributed by atoms with Crippen molar-refractivity contribution in [1.82, 2.24) is 24.0 Å². The Bertz CT molecular complexity index is 1320. The van der Waals surface area contributed by atoms with Crippen molar-refractivity contribution in [2.45, 2.75) is 44.9 Å². The molecule has 0 atom stereocenters. The number of imidazole rings is 1. The third kappa shape index (κ3) is 3.15. The van der Waals surface area contributed by atoms with Gasteiger partial charge in [0.05, 0.1) is 6.54 Å². The fraction of sp³-hybridized carbons (Fsp3) is 0.429. The van der Waals surface area contributed by atoms with Crippen molar-refractivity contribution in [2.24, 2.45) is 7.05 Å². The molecule has 0 unspecified atom stereocenters. The van der Waals surface area contributed by atoms with Crippen LogP contribution in [0.1, 0.15) is 25.3 Å². The lowest BCUT2D eigenvalue weighted by atomic mass is 9.85. The summed E-state index contributed by atoms with van der Waals surface area (Å²) >= 11 is 6.25. The first-order valence-corrected chi connectivity index (χ1v) is 10.7. The molecule has 31 heavy (non-hydrogen) atoms. The largest absolute Gasteiger partial charge is 0.353 e. The number of aryl methyl sites for hydroxylation is 1. The molecule has 10 heteroatoms. The van der Waals surface area contributed by atoms with Gasteiger partial charge in [0.25, 0.3) is 5.56 Å². The van der Waals surface area contributed by atoms with E-state index >= 15 is 0 Å². The van der Waals surface area contributed by atoms with Crippen LogP contribution >= 0.6 is 11.6 Å². The number of nitrogens with one attached hydrogen (secondary N) is 1. The van der Waals surface area contributed by atoms with Crippen LogP contribution < -0.4 is 21.5 Å². The van der Waals surface area contributed by atoms with Gasteiger partial charge in [-0.1, -0.05) is 29.8 Å². The molecule has 2 aliphatic rings. The summed E-state index contributed by atoms with van der Waals surface area (Å²) in [6.07, 6.45) is 1.69. The second-order valence-corrected chi connectivity index (χ2v) is 8.68. The summed E-state index contributed by atoms with van der Waals surface area (Å²) in [4.78, 5) is 44.4. The molecule has 1 fully saturated rings. The van der Waals surface area contributed by atoms with Crippen LogP contribution in [0.2, 0.25) is 5.02 Å². The lowest BCUT2D eigenvalue weighted by Crippen LogP contribution is -2.53.